The largest absolute Gasteiger partial charge is 0.465 e. The lowest BCUT2D eigenvalue weighted by atomic mass is 9.75. The SMILES string of the molecule is CC=C1CC(C)C(C)(CO)C(=O)OCC2CCN3CCC(OC1=O)C23. The maximum Gasteiger partial charge on any atom is 0.334 e. The van der Waals surface area contributed by atoms with Gasteiger partial charge in [0.15, 0.2) is 0 Å². The normalized spacial score (nSPS) is 41.7. The molecule has 0 aliphatic carbocycles. The van der Waals surface area contributed by atoms with E-state index in [9.17, 15) is 14.7 Å². The molecule has 3 aliphatic rings. The molecule has 0 aromatic rings. The predicted molar refractivity (Wildman–Crippen MR) is 91.7 cm³/mol. The van der Waals surface area contributed by atoms with Gasteiger partial charge in [-0.1, -0.05) is 13.0 Å². The van der Waals surface area contributed by atoms with E-state index in [1.54, 1.807) is 13.0 Å². The Kier molecular flexibility index (Phi) is 5.21. The molecule has 6 nitrogen and oxygen atoms in total. The fourth-order valence-electron chi connectivity index (χ4n) is 4.38. The Balaban J connectivity index is 1.90. The second kappa shape index (κ2) is 7.08. The van der Waals surface area contributed by atoms with Crippen molar-refractivity contribution in [2.75, 3.05) is 26.3 Å². The van der Waals surface area contributed by atoms with Crippen molar-refractivity contribution in [2.24, 2.45) is 17.3 Å². The molecule has 5 atom stereocenters. The zero-order chi connectivity index (χ0) is 18.2. The molecular weight excluding hydrogens is 322 g/mol. The lowest BCUT2D eigenvalue weighted by molar-refractivity contribution is -0.165. The number of allylic oxidation sites excluding steroid dienone is 1. The highest BCUT2D eigenvalue weighted by Crippen LogP contribution is 2.38. The number of nitrogens with zero attached hydrogens (tertiary/aromatic N) is 1. The molecule has 0 saturated carbocycles. The summed E-state index contributed by atoms with van der Waals surface area (Å²) >= 11 is 0. The van der Waals surface area contributed by atoms with Gasteiger partial charge in [-0.3, -0.25) is 9.69 Å². The highest BCUT2D eigenvalue weighted by atomic mass is 16.5. The van der Waals surface area contributed by atoms with Crippen LogP contribution in [0.15, 0.2) is 11.6 Å². The fourth-order valence-corrected chi connectivity index (χ4v) is 4.38. The van der Waals surface area contributed by atoms with E-state index in [4.69, 9.17) is 9.47 Å². The number of carbonyl (C=O) groups excluding carboxylic acids is 2. The standard InChI is InChI=1S/C19H29NO5/c1-4-13-9-12(2)19(3,11-21)18(23)24-10-14-5-7-20-8-6-15(16(14)20)25-17(13)22/h4,12,14-16,21H,5-11H2,1-3H3. The summed E-state index contributed by atoms with van der Waals surface area (Å²) in [6.07, 6.45) is 3.78. The van der Waals surface area contributed by atoms with Crippen LogP contribution in [0.3, 0.4) is 0 Å². The molecule has 0 spiro atoms. The van der Waals surface area contributed by atoms with E-state index in [1.807, 2.05) is 13.8 Å². The molecule has 0 amide bonds. The highest BCUT2D eigenvalue weighted by Gasteiger charge is 2.48. The van der Waals surface area contributed by atoms with Crippen LogP contribution >= 0.6 is 0 Å². The minimum Gasteiger partial charge on any atom is -0.465 e. The minimum absolute atomic E-state index is 0.132. The summed E-state index contributed by atoms with van der Waals surface area (Å²) in [4.78, 5) is 27.7. The van der Waals surface area contributed by atoms with Gasteiger partial charge < -0.3 is 14.6 Å². The summed E-state index contributed by atoms with van der Waals surface area (Å²) in [7, 11) is 0. The predicted octanol–water partition coefficient (Wildman–Crippen LogP) is 1.52. The molecule has 3 fully saturated rings. The zero-order valence-corrected chi connectivity index (χ0v) is 15.4. The van der Waals surface area contributed by atoms with Crippen LogP contribution in [0.4, 0.5) is 0 Å². The highest BCUT2D eigenvalue weighted by molar-refractivity contribution is 5.89. The van der Waals surface area contributed by atoms with Gasteiger partial charge in [0, 0.05) is 18.0 Å². The quantitative estimate of drug-likeness (QED) is 0.570. The second-order valence-electron chi connectivity index (χ2n) is 7.90. The molecule has 0 bridgehead atoms. The van der Waals surface area contributed by atoms with Gasteiger partial charge in [-0.25, -0.2) is 4.79 Å². The number of esters is 2. The van der Waals surface area contributed by atoms with Gasteiger partial charge in [0.05, 0.1) is 24.7 Å². The van der Waals surface area contributed by atoms with Crippen molar-refractivity contribution in [1.82, 2.24) is 4.90 Å². The van der Waals surface area contributed by atoms with Crippen LogP contribution in [0.2, 0.25) is 0 Å². The zero-order valence-electron chi connectivity index (χ0n) is 15.4. The molecule has 0 aromatic carbocycles. The summed E-state index contributed by atoms with van der Waals surface area (Å²) < 4.78 is 11.5. The van der Waals surface area contributed by atoms with Crippen LogP contribution in [0.25, 0.3) is 0 Å². The Morgan fingerprint density at radius 3 is 2.72 bits per heavy atom. The minimum atomic E-state index is -1.03. The Morgan fingerprint density at radius 1 is 1.32 bits per heavy atom. The lowest BCUT2D eigenvalue weighted by Crippen LogP contribution is -2.44. The third-order valence-corrected chi connectivity index (χ3v) is 6.48. The van der Waals surface area contributed by atoms with E-state index in [2.05, 4.69) is 4.90 Å². The molecule has 3 saturated heterocycles. The summed E-state index contributed by atoms with van der Waals surface area (Å²) in [5.41, 5.74) is -0.463. The van der Waals surface area contributed by atoms with Crippen molar-refractivity contribution in [3.63, 3.8) is 0 Å². The number of hydrogen-bond acceptors (Lipinski definition) is 6. The van der Waals surface area contributed by atoms with Crippen LogP contribution in [-0.2, 0) is 19.1 Å². The number of rotatable bonds is 1. The molecular formula is C19H29NO5. The van der Waals surface area contributed by atoms with Crippen molar-refractivity contribution in [2.45, 2.75) is 52.2 Å². The van der Waals surface area contributed by atoms with Gasteiger partial charge >= 0.3 is 11.9 Å². The first-order chi connectivity index (χ1) is 11.9. The van der Waals surface area contributed by atoms with Crippen LogP contribution in [0.5, 0.6) is 0 Å². The summed E-state index contributed by atoms with van der Waals surface area (Å²) in [5, 5.41) is 9.86. The van der Waals surface area contributed by atoms with Gasteiger partial charge in [-0.15, -0.1) is 0 Å². The Bertz CT molecular complexity index is 574. The molecule has 140 valence electrons. The summed E-state index contributed by atoms with van der Waals surface area (Å²) in [6, 6.07) is 0.132. The van der Waals surface area contributed by atoms with Gasteiger partial charge in [0.2, 0.25) is 0 Å². The van der Waals surface area contributed by atoms with Crippen LogP contribution < -0.4 is 0 Å². The molecule has 25 heavy (non-hydrogen) atoms. The van der Waals surface area contributed by atoms with Crippen LogP contribution in [-0.4, -0.2) is 60.4 Å². The average Bonchev–Trinajstić information content (AvgIpc) is 3.18. The van der Waals surface area contributed by atoms with Crippen molar-refractivity contribution in [3.05, 3.63) is 11.6 Å². The third kappa shape index (κ3) is 3.22. The van der Waals surface area contributed by atoms with Gasteiger partial charge in [-0.05, 0) is 45.6 Å². The second-order valence-corrected chi connectivity index (χ2v) is 7.90. The van der Waals surface area contributed by atoms with Crippen LogP contribution in [0.1, 0.15) is 40.0 Å². The van der Waals surface area contributed by atoms with Crippen molar-refractivity contribution in [1.29, 1.82) is 0 Å². The van der Waals surface area contributed by atoms with Crippen molar-refractivity contribution in [3.8, 4) is 0 Å². The molecule has 0 aromatic heterocycles. The first kappa shape index (κ1) is 18.4. The van der Waals surface area contributed by atoms with E-state index in [1.165, 1.54) is 0 Å². The number of aliphatic hydroxyl groups excluding tert-OH is 1. The first-order valence-electron chi connectivity index (χ1n) is 9.29. The molecule has 1 N–H and O–H groups in total. The van der Waals surface area contributed by atoms with E-state index >= 15 is 0 Å². The summed E-state index contributed by atoms with van der Waals surface area (Å²) in [6.45, 7) is 7.28. The number of hydrogen-bond donors (Lipinski definition) is 1. The monoisotopic (exact) mass is 351 g/mol. The molecule has 3 heterocycles. The molecule has 6 heteroatoms. The number of carbonyl (C=O) groups is 2. The van der Waals surface area contributed by atoms with E-state index in [0.29, 0.717) is 18.6 Å². The lowest BCUT2D eigenvalue weighted by Gasteiger charge is -2.34. The van der Waals surface area contributed by atoms with Gasteiger partial charge in [-0.2, -0.15) is 0 Å². The van der Waals surface area contributed by atoms with E-state index in [0.717, 1.165) is 25.9 Å². The van der Waals surface area contributed by atoms with Gasteiger partial charge in [0.25, 0.3) is 0 Å². The first-order valence-corrected chi connectivity index (χ1v) is 9.29. The van der Waals surface area contributed by atoms with Crippen molar-refractivity contribution >= 4 is 11.9 Å². The third-order valence-electron chi connectivity index (χ3n) is 6.48. The number of ether oxygens (including phenoxy) is 2. The van der Waals surface area contributed by atoms with Crippen LogP contribution in [0, 0.1) is 17.3 Å². The van der Waals surface area contributed by atoms with Gasteiger partial charge in [0.1, 0.15) is 6.10 Å². The maximum absolute atomic E-state index is 12.7. The smallest absolute Gasteiger partial charge is 0.334 e. The Labute approximate surface area is 149 Å². The average molecular weight is 351 g/mol. The summed E-state index contributed by atoms with van der Waals surface area (Å²) in [5.74, 6) is -0.723. The molecule has 3 aliphatic heterocycles. The molecule has 0 radical (unpaired) electrons. The Hall–Kier alpha value is -1.40. The fraction of sp³-hybridized carbons (Fsp3) is 0.789. The number of cyclic esters (lactones) is 1. The molecule has 5 unspecified atom stereocenters. The van der Waals surface area contributed by atoms with E-state index < -0.39 is 5.41 Å². The van der Waals surface area contributed by atoms with Crippen molar-refractivity contribution < 1.29 is 24.2 Å². The molecule has 3 rings (SSSR count). The number of aliphatic hydroxyl groups is 1. The Morgan fingerprint density at radius 2 is 2.04 bits per heavy atom. The maximum atomic E-state index is 12.7. The topological polar surface area (TPSA) is 76.1 Å². The van der Waals surface area contributed by atoms with E-state index in [-0.39, 0.29) is 42.5 Å².